The molecule has 0 aliphatic rings. The number of imidazole rings is 1. The lowest BCUT2D eigenvalue weighted by Gasteiger charge is -2.13. The zero-order valence-corrected chi connectivity index (χ0v) is 19.2. The van der Waals surface area contributed by atoms with Crippen LogP contribution in [0.15, 0.2) is 53.8 Å². The van der Waals surface area contributed by atoms with Gasteiger partial charge in [-0.15, -0.1) is 0 Å². The van der Waals surface area contributed by atoms with Crippen LogP contribution >= 0.6 is 0 Å². The van der Waals surface area contributed by atoms with Gasteiger partial charge in [-0.25, -0.2) is 4.98 Å². The Morgan fingerprint density at radius 2 is 2.06 bits per heavy atom. The first-order valence-corrected chi connectivity index (χ1v) is 10.9. The molecule has 4 aromatic rings. The first kappa shape index (κ1) is 22.3. The number of amides is 1. The second-order valence-electron chi connectivity index (χ2n) is 8.15. The van der Waals surface area contributed by atoms with Crippen LogP contribution in [-0.4, -0.2) is 31.9 Å². The second-order valence-corrected chi connectivity index (χ2v) is 8.15. The van der Waals surface area contributed by atoms with E-state index >= 15 is 0 Å². The second kappa shape index (κ2) is 9.28. The molecule has 33 heavy (non-hydrogen) atoms. The summed E-state index contributed by atoms with van der Waals surface area (Å²) in [6.07, 6.45) is 5.14. The van der Waals surface area contributed by atoms with Crippen molar-refractivity contribution in [2.45, 2.75) is 40.2 Å². The average molecular weight is 446 g/mol. The van der Waals surface area contributed by atoms with Gasteiger partial charge in [0.25, 0.3) is 11.5 Å². The molecule has 0 fully saturated rings. The summed E-state index contributed by atoms with van der Waals surface area (Å²) in [5.41, 5.74) is 4.76. The first-order chi connectivity index (χ1) is 15.9. The molecule has 0 atom stereocenters. The zero-order chi connectivity index (χ0) is 23.5. The fourth-order valence-electron chi connectivity index (χ4n) is 3.83. The highest BCUT2D eigenvalue weighted by atomic mass is 16.5. The molecular formula is C25H27N5O3. The highest BCUT2D eigenvalue weighted by molar-refractivity contribution is 5.95. The quantitative estimate of drug-likeness (QED) is 0.450. The molecule has 4 heterocycles. The van der Waals surface area contributed by atoms with Gasteiger partial charge in [-0.3, -0.25) is 19.0 Å². The number of hydrogen-bond donors (Lipinski definition) is 2. The fraction of sp³-hybridized carbons (Fsp3) is 0.280. The normalized spacial score (nSPS) is 11.2. The van der Waals surface area contributed by atoms with Crippen LogP contribution in [0.1, 0.15) is 54.1 Å². The van der Waals surface area contributed by atoms with E-state index in [0.29, 0.717) is 29.3 Å². The summed E-state index contributed by atoms with van der Waals surface area (Å²) < 4.78 is 7.41. The Morgan fingerprint density at radius 1 is 1.24 bits per heavy atom. The van der Waals surface area contributed by atoms with Crippen molar-refractivity contribution in [3.05, 3.63) is 82.1 Å². The van der Waals surface area contributed by atoms with Crippen LogP contribution in [0.25, 0.3) is 16.6 Å². The minimum absolute atomic E-state index is 0.0358. The van der Waals surface area contributed by atoms with Gasteiger partial charge in [0.05, 0.1) is 29.9 Å². The average Bonchev–Trinajstić information content (AvgIpc) is 3.23. The molecule has 0 radical (unpaired) electrons. The van der Waals surface area contributed by atoms with Gasteiger partial charge < -0.3 is 15.0 Å². The number of ether oxygens (including phenoxy) is 1. The van der Waals surface area contributed by atoms with E-state index in [9.17, 15) is 9.59 Å². The highest BCUT2D eigenvalue weighted by Crippen LogP contribution is 2.27. The summed E-state index contributed by atoms with van der Waals surface area (Å²) in [7, 11) is 0. The van der Waals surface area contributed by atoms with Crippen molar-refractivity contribution in [3.8, 4) is 16.9 Å². The Morgan fingerprint density at radius 3 is 2.76 bits per heavy atom. The summed E-state index contributed by atoms with van der Waals surface area (Å²) in [6.45, 7) is 8.23. The molecule has 8 nitrogen and oxygen atoms in total. The van der Waals surface area contributed by atoms with Gasteiger partial charge in [0.15, 0.2) is 0 Å². The Balaban J connectivity index is 1.74. The topological polar surface area (TPSA) is 101 Å². The molecule has 0 spiro atoms. The van der Waals surface area contributed by atoms with Crippen molar-refractivity contribution in [1.82, 2.24) is 24.7 Å². The summed E-state index contributed by atoms with van der Waals surface area (Å²) in [5, 5.41) is 2.88. The number of pyridine rings is 3. The van der Waals surface area contributed by atoms with Gasteiger partial charge in [-0.1, -0.05) is 19.9 Å². The summed E-state index contributed by atoms with van der Waals surface area (Å²) >= 11 is 0. The maximum absolute atomic E-state index is 13.3. The standard InChI is InChI=1S/C25H27N5O3/c1-5-33-22-9-16(4)29-24(31)19(22)13-27-25(32)21-11-18(17-7-6-8-26-12-17)10-20-23(15(2)3)28-14-30(20)21/h6-12,14-15H,5,13H2,1-4H3,(H,27,32)(H,29,31). The number of carbonyl (C=O) groups excluding carboxylic acids is 1. The van der Waals surface area contributed by atoms with Crippen LogP contribution in [0.5, 0.6) is 5.75 Å². The van der Waals surface area contributed by atoms with Crippen LogP contribution in [-0.2, 0) is 6.54 Å². The Hall–Kier alpha value is -3.94. The minimum Gasteiger partial charge on any atom is -0.493 e. The molecule has 0 aromatic carbocycles. The molecule has 0 saturated heterocycles. The molecule has 0 aliphatic heterocycles. The maximum Gasteiger partial charge on any atom is 0.268 e. The molecule has 170 valence electrons. The molecule has 0 saturated carbocycles. The molecule has 4 aromatic heterocycles. The van der Waals surface area contributed by atoms with Crippen molar-refractivity contribution in [3.63, 3.8) is 0 Å². The number of aryl methyl sites for hydroxylation is 1. The number of nitrogens with zero attached hydrogens (tertiary/aromatic N) is 3. The van der Waals surface area contributed by atoms with Gasteiger partial charge >= 0.3 is 0 Å². The number of carbonyl (C=O) groups is 1. The lowest BCUT2D eigenvalue weighted by molar-refractivity contribution is 0.0944. The largest absolute Gasteiger partial charge is 0.493 e. The monoisotopic (exact) mass is 445 g/mol. The third-order valence-electron chi connectivity index (χ3n) is 5.41. The van der Waals surface area contributed by atoms with Crippen LogP contribution in [0.4, 0.5) is 0 Å². The number of H-pyrrole nitrogens is 1. The molecule has 0 unspecified atom stereocenters. The van der Waals surface area contributed by atoms with E-state index in [-0.39, 0.29) is 23.9 Å². The van der Waals surface area contributed by atoms with E-state index in [1.54, 1.807) is 36.1 Å². The number of aromatic nitrogens is 4. The summed E-state index contributed by atoms with van der Waals surface area (Å²) in [6, 6.07) is 9.41. The van der Waals surface area contributed by atoms with E-state index in [1.807, 2.05) is 31.2 Å². The lowest BCUT2D eigenvalue weighted by atomic mass is 10.0. The van der Waals surface area contributed by atoms with Crippen molar-refractivity contribution < 1.29 is 9.53 Å². The molecule has 4 rings (SSSR count). The van der Waals surface area contributed by atoms with Gasteiger partial charge in [-0.05, 0) is 49.6 Å². The highest BCUT2D eigenvalue weighted by Gasteiger charge is 2.19. The molecule has 0 aliphatic carbocycles. The number of hydrogen-bond acceptors (Lipinski definition) is 5. The van der Waals surface area contributed by atoms with E-state index in [2.05, 4.69) is 34.1 Å². The Kier molecular flexibility index (Phi) is 6.26. The molecular weight excluding hydrogens is 418 g/mol. The van der Waals surface area contributed by atoms with Crippen LogP contribution in [0.2, 0.25) is 0 Å². The van der Waals surface area contributed by atoms with Crippen LogP contribution < -0.4 is 15.6 Å². The van der Waals surface area contributed by atoms with E-state index in [1.165, 1.54) is 0 Å². The number of nitrogens with one attached hydrogen (secondary N) is 2. The number of rotatable bonds is 7. The zero-order valence-electron chi connectivity index (χ0n) is 19.2. The molecule has 1 amide bonds. The third-order valence-corrected chi connectivity index (χ3v) is 5.41. The van der Waals surface area contributed by atoms with E-state index in [0.717, 1.165) is 22.3 Å². The molecule has 2 N–H and O–H groups in total. The van der Waals surface area contributed by atoms with Crippen molar-refractivity contribution in [2.24, 2.45) is 0 Å². The minimum atomic E-state index is -0.319. The van der Waals surface area contributed by atoms with Gasteiger partial charge in [0.1, 0.15) is 17.8 Å². The third kappa shape index (κ3) is 4.50. The predicted octanol–water partition coefficient (Wildman–Crippen LogP) is 3.85. The van der Waals surface area contributed by atoms with E-state index in [4.69, 9.17) is 4.74 Å². The van der Waals surface area contributed by atoms with Gasteiger partial charge in [-0.2, -0.15) is 0 Å². The fourth-order valence-corrected chi connectivity index (χ4v) is 3.83. The predicted molar refractivity (Wildman–Crippen MR) is 127 cm³/mol. The van der Waals surface area contributed by atoms with Crippen molar-refractivity contribution in [1.29, 1.82) is 0 Å². The van der Waals surface area contributed by atoms with Gasteiger partial charge in [0.2, 0.25) is 0 Å². The molecule has 8 heteroatoms. The molecule has 0 bridgehead atoms. The lowest BCUT2D eigenvalue weighted by Crippen LogP contribution is -2.29. The summed E-state index contributed by atoms with van der Waals surface area (Å²) in [5.74, 6) is 0.342. The SMILES string of the molecule is CCOc1cc(C)[nH]c(=O)c1CNC(=O)c1cc(-c2cccnc2)cc2c(C(C)C)ncn12. The van der Waals surface area contributed by atoms with Crippen molar-refractivity contribution >= 4 is 11.4 Å². The van der Waals surface area contributed by atoms with Gasteiger partial charge in [0, 0.05) is 23.7 Å². The Labute approximate surface area is 191 Å². The Bertz CT molecular complexity index is 1360. The van der Waals surface area contributed by atoms with Crippen molar-refractivity contribution in [2.75, 3.05) is 6.61 Å². The first-order valence-electron chi connectivity index (χ1n) is 10.9. The van der Waals surface area contributed by atoms with Crippen LogP contribution in [0.3, 0.4) is 0 Å². The summed E-state index contributed by atoms with van der Waals surface area (Å²) in [4.78, 5) is 37.3. The maximum atomic E-state index is 13.3. The smallest absolute Gasteiger partial charge is 0.268 e. The number of fused-ring (bicyclic) bond motifs is 1. The van der Waals surface area contributed by atoms with E-state index < -0.39 is 0 Å². The number of aromatic amines is 1. The van der Waals surface area contributed by atoms with Crippen LogP contribution in [0, 0.1) is 6.92 Å².